The van der Waals surface area contributed by atoms with Gasteiger partial charge in [0, 0.05) is 25.2 Å². The molecule has 1 unspecified atom stereocenters. The van der Waals surface area contributed by atoms with Crippen LogP contribution in [0.5, 0.6) is 0 Å². The minimum Gasteiger partial charge on any atom is -0.377 e. The van der Waals surface area contributed by atoms with E-state index < -0.39 is 0 Å². The van der Waals surface area contributed by atoms with Crippen molar-refractivity contribution in [2.24, 2.45) is 5.73 Å². The lowest BCUT2D eigenvalue weighted by atomic mass is 9.96. The molecule has 0 saturated heterocycles. The zero-order valence-electron chi connectivity index (χ0n) is 10.8. The summed E-state index contributed by atoms with van der Waals surface area (Å²) in [5, 5.41) is 2.58. The van der Waals surface area contributed by atoms with E-state index in [1.807, 2.05) is 0 Å². The van der Waals surface area contributed by atoms with E-state index in [2.05, 4.69) is 62.3 Å². The summed E-state index contributed by atoms with van der Waals surface area (Å²) >= 11 is 0. The second kappa shape index (κ2) is 4.76. The Morgan fingerprint density at radius 1 is 1.18 bits per heavy atom. The summed E-state index contributed by atoms with van der Waals surface area (Å²) in [6.07, 6.45) is 0. The minimum absolute atomic E-state index is 0.401. The highest BCUT2D eigenvalue weighted by atomic mass is 15.1. The third kappa shape index (κ3) is 2.27. The predicted molar refractivity (Wildman–Crippen MR) is 75.7 cm³/mol. The lowest BCUT2D eigenvalue weighted by Gasteiger charge is -2.19. The van der Waals surface area contributed by atoms with Crippen LogP contribution in [0.25, 0.3) is 10.8 Å². The Morgan fingerprint density at radius 3 is 2.53 bits per heavy atom. The van der Waals surface area contributed by atoms with Gasteiger partial charge in [0.25, 0.3) is 0 Å². The fraction of sp³-hybridized carbons (Fsp3) is 0.333. The summed E-state index contributed by atoms with van der Waals surface area (Å²) in [6.45, 7) is 2.86. The highest BCUT2D eigenvalue weighted by molar-refractivity contribution is 5.95. The van der Waals surface area contributed by atoms with Crippen molar-refractivity contribution in [1.82, 2.24) is 0 Å². The molecule has 2 nitrogen and oxygen atoms in total. The van der Waals surface area contributed by atoms with Gasteiger partial charge in [-0.05, 0) is 29.5 Å². The van der Waals surface area contributed by atoms with Crippen LogP contribution in [0.2, 0.25) is 0 Å². The normalized spacial score (nSPS) is 12.7. The van der Waals surface area contributed by atoms with Crippen LogP contribution in [0.15, 0.2) is 36.4 Å². The lowest BCUT2D eigenvalue weighted by molar-refractivity contribution is 0.775. The highest BCUT2D eigenvalue weighted by Gasteiger charge is 2.09. The van der Waals surface area contributed by atoms with Crippen molar-refractivity contribution in [1.29, 1.82) is 0 Å². The number of hydrogen-bond acceptors (Lipinski definition) is 2. The highest BCUT2D eigenvalue weighted by Crippen LogP contribution is 2.30. The molecule has 0 aliphatic carbocycles. The molecule has 0 saturated carbocycles. The maximum absolute atomic E-state index is 5.76. The number of nitrogens with zero attached hydrogens (tertiary/aromatic N) is 1. The number of fused-ring (bicyclic) bond motifs is 1. The van der Waals surface area contributed by atoms with Gasteiger partial charge in [-0.25, -0.2) is 0 Å². The van der Waals surface area contributed by atoms with Gasteiger partial charge in [-0.2, -0.15) is 0 Å². The van der Waals surface area contributed by atoms with Crippen LogP contribution < -0.4 is 10.6 Å². The Labute approximate surface area is 103 Å². The number of hydrogen-bond donors (Lipinski definition) is 1. The third-order valence-electron chi connectivity index (χ3n) is 3.27. The summed E-state index contributed by atoms with van der Waals surface area (Å²) in [5.74, 6) is 0.401. The molecule has 0 aliphatic rings. The van der Waals surface area contributed by atoms with E-state index in [0.717, 1.165) is 0 Å². The average Bonchev–Trinajstić information content (AvgIpc) is 2.36. The van der Waals surface area contributed by atoms with Crippen LogP contribution in [-0.4, -0.2) is 20.6 Å². The maximum Gasteiger partial charge on any atom is 0.0443 e. The first-order valence-corrected chi connectivity index (χ1v) is 6.03. The lowest BCUT2D eigenvalue weighted by Crippen LogP contribution is -2.12. The predicted octanol–water partition coefficient (Wildman–Crippen LogP) is 2.97. The average molecular weight is 228 g/mol. The van der Waals surface area contributed by atoms with Gasteiger partial charge in [0.15, 0.2) is 0 Å². The first-order valence-electron chi connectivity index (χ1n) is 6.03. The van der Waals surface area contributed by atoms with Crippen molar-refractivity contribution in [3.05, 3.63) is 42.0 Å². The molecule has 2 aromatic rings. The summed E-state index contributed by atoms with van der Waals surface area (Å²) in [7, 11) is 4.16. The van der Waals surface area contributed by atoms with Gasteiger partial charge in [0.05, 0.1) is 0 Å². The minimum atomic E-state index is 0.401. The van der Waals surface area contributed by atoms with Crippen LogP contribution in [-0.2, 0) is 0 Å². The molecule has 2 rings (SSSR count). The summed E-state index contributed by atoms with van der Waals surface area (Å²) < 4.78 is 0. The van der Waals surface area contributed by atoms with Crippen molar-refractivity contribution in [2.45, 2.75) is 12.8 Å². The summed E-state index contributed by atoms with van der Waals surface area (Å²) in [6, 6.07) is 13.0. The zero-order valence-corrected chi connectivity index (χ0v) is 10.8. The van der Waals surface area contributed by atoms with E-state index in [9.17, 15) is 0 Å². The molecule has 17 heavy (non-hydrogen) atoms. The van der Waals surface area contributed by atoms with Gasteiger partial charge in [0.2, 0.25) is 0 Å². The van der Waals surface area contributed by atoms with E-state index in [4.69, 9.17) is 5.73 Å². The second-order valence-corrected chi connectivity index (χ2v) is 4.79. The monoisotopic (exact) mass is 228 g/mol. The number of benzene rings is 2. The number of rotatable bonds is 3. The van der Waals surface area contributed by atoms with E-state index in [1.54, 1.807) is 0 Å². The first-order chi connectivity index (χ1) is 8.13. The molecule has 2 aromatic carbocycles. The van der Waals surface area contributed by atoms with Gasteiger partial charge in [-0.1, -0.05) is 37.3 Å². The van der Waals surface area contributed by atoms with Crippen LogP contribution in [0.3, 0.4) is 0 Å². The van der Waals surface area contributed by atoms with Gasteiger partial charge in [-0.15, -0.1) is 0 Å². The van der Waals surface area contributed by atoms with E-state index in [0.29, 0.717) is 12.5 Å². The third-order valence-corrected chi connectivity index (χ3v) is 3.27. The van der Waals surface area contributed by atoms with Crippen LogP contribution >= 0.6 is 0 Å². The quantitative estimate of drug-likeness (QED) is 0.875. The van der Waals surface area contributed by atoms with Crippen molar-refractivity contribution in [3.63, 3.8) is 0 Å². The van der Waals surface area contributed by atoms with E-state index in [-0.39, 0.29) is 0 Å². The smallest absolute Gasteiger partial charge is 0.0443 e. The molecule has 0 spiro atoms. The van der Waals surface area contributed by atoms with Crippen LogP contribution in [0.1, 0.15) is 18.4 Å². The standard InChI is InChI=1S/C15H20N2/c1-11(10-16)13-8-12-6-4-5-7-14(12)15(9-13)17(2)3/h4-9,11H,10,16H2,1-3H3. The second-order valence-electron chi connectivity index (χ2n) is 4.79. The molecule has 0 amide bonds. The van der Waals surface area contributed by atoms with Crippen LogP contribution in [0.4, 0.5) is 5.69 Å². The Hall–Kier alpha value is -1.54. The zero-order chi connectivity index (χ0) is 12.4. The van der Waals surface area contributed by atoms with Gasteiger partial charge in [-0.3, -0.25) is 0 Å². The largest absolute Gasteiger partial charge is 0.377 e. The molecule has 2 N–H and O–H groups in total. The molecule has 0 aliphatic heterocycles. The Morgan fingerprint density at radius 2 is 1.88 bits per heavy atom. The summed E-state index contributed by atoms with van der Waals surface area (Å²) in [5.41, 5.74) is 8.34. The molecule has 0 radical (unpaired) electrons. The first kappa shape index (κ1) is 11.9. The Bertz CT molecular complexity index is 517. The van der Waals surface area contributed by atoms with Crippen molar-refractivity contribution < 1.29 is 0 Å². The van der Waals surface area contributed by atoms with Crippen molar-refractivity contribution in [3.8, 4) is 0 Å². The molecule has 0 bridgehead atoms. The summed E-state index contributed by atoms with van der Waals surface area (Å²) in [4.78, 5) is 2.16. The molecule has 2 heteroatoms. The number of anilines is 1. The van der Waals surface area contributed by atoms with Gasteiger partial charge in [0.1, 0.15) is 0 Å². The molecule has 0 heterocycles. The fourth-order valence-electron chi connectivity index (χ4n) is 2.10. The SMILES string of the molecule is CC(CN)c1cc(N(C)C)c2ccccc2c1. The Balaban J connectivity index is 2.67. The van der Waals surface area contributed by atoms with E-state index in [1.165, 1.54) is 22.0 Å². The Kier molecular flexibility index (Phi) is 3.34. The molecule has 0 fully saturated rings. The van der Waals surface area contributed by atoms with Crippen LogP contribution in [0, 0.1) is 0 Å². The van der Waals surface area contributed by atoms with Crippen molar-refractivity contribution in [2.75, 3.05) is 25.5 Å². The topological polar surface area (TPSA) is 29.3 Å². The molecule has 90 valence electrons. The maximum atomic E-state index is 5.76. The fourth-order valence-corrected chi connectivity index (χ4v) is 2.10. The van der Waals surface area contributed by atoms with Gasteiger partial charge < -0.3 is 10.6 Å². The molecular formula is C15H20N2. The van der Waals surface area contributed by atoms with E-state index >= 15 is 0 Å². The molecular weight excluding hydrogens is 208 g/mol. The van der Waals surface area contributed by atoms with Crippen molar-refractivity contribution >= 4 is 16.5 Å². The molecule has 1 atom stereocenters. The molecule has 0 aromatic heterocycles. The number of nitrogens with two attached hydrogens (primary N) is 1. The van der Waals surface area contributed by atoms with Gasteiger partial charge >= 0.3 is 0 Å².